The summed E-state index contributed by atoms with van der Waals surface area (Å²) in [7, 11) is 0. The summed E-state index contributed by atoms with van der Waals surface area (Å²) in [6, 6.07) is 3.61. The molecular weight excluding hydrogens is 304 g/mol. The number of carbonyl (C=O) groups excluding carboxylic acids is 1. The fourth-order valence-corrected chi connectivity index (χ4v) is 2.86. The average molecular weight is 323 g/mol. The minimum Gasteiger partial charge on any atom is -0.444 e. The van der Waals surface area contributed by atoms with Crippen molar-refractivity contribution in [3.8, 4) is 0 Å². The fourth-order valence-electron chi connectivity index (χ4n) is 2.69. The summed E-state index contributed by atoms with van der Waals surface area (Å²) < 4.78 is 11.3. The zero-order valence-corrected chi connectivity index (χ0v) is 13.7. The Morgan fingerprint density at radius 3 is 2.95 bits per heavy atom. The zero-order valence-electron chi connectivity index (χ0n) is 12.9. The predicted molar refractivity (Wildman–Crippen MR) is 83.9 cm³/mol. The van der Waals surface area contributed by atoms with Crippen molar-refractivity contribution in [3.05, 3.63) is 29.1 Å². The van der Waals surface area contributed by atoms with Crippen molar-refractivity contribution in [2.24, 2.45) is 0 Å². The smallest absolute Gasteiger partial charge is 0.410 e. The van der Waals surface area contributed by atoms with Gasteiger partial charge in [-0.25, -0.2) is 9.78 Å². The van der Waals surface area contributed by atoms with Crippen molar-refractivity contribution in [1.82, 2.24) is 9.88 Å². The number of amides is 1. The largest absolute Gasteiger partial charge is 0.444 e. The van der Waals surface area contributed by atoms with Gasteiger partial charge < -0.3 is 9.15 Å². The van der Waals surface area contributed by atoms with Crippen LogP contribution in [0.5, 0.6) is 0 Å². The van der Waals surface area contributed by atoms with Crippen LogP contribution in [0, 0.1) is 0 Å². The molecule has 0 radical (unpaired) electrons. The molecule has 0 bridgehead atoms. The number of ether oxygens (including phenoxy) is 1. The van der Waals surface area contributed by atoms with E-state index < -0.39 is 5.60 Å². The lowest BCUT2D eigenvalue weighted by Gasteiger charge is -2.27. The maximum Gasteiger partial charge on any atom is 0.410 e. The van der Waals surface area contributed by atoms with Crippen LogP contribution in [-0.2, 0) is 4.74 Å². The van der Waals surface area contributed by atoms with Crippen molar-refractivity contribution < 1.29 is 13.9 Å². The quantitative estimate of drug-likeness (QED) is 0.772. The molecule has 0 aliphatic carbocycles. The number of rotatable bonds is 1. The molecule has 3 rings (SSSR count). The number of aromatic nitrogens is 1. The molecule has 1 aliphatic rings. The summed E-state index contributed by atoms with van der Waals surface area (Å²) in [6.07, 6.45) is 3.03. The van der Waals surface area contributed by atoms with Crippen LogP contribution in [0.15, 0.2) is 22.7 Å². The predicted octanol–water partition coefficient (Wildman–Crippen LogP) is 4.55. The van der Waals surface area contributed by atoms with Gasteiger partial charge in [0.05, 0.1) is 11.1 Å². The molecule has 0 spiro atoms. The minimum atomic E-state index is -0.507. The first kappa shape index (κ1) is 15.2. The van der Waals surface area contributed by atoms with Crippen LogP contribution in [0.4, 0.5) is 4.79 Å². The molecule has 2 aromatic rings. The Labute approximate surface area is 134 Å². The Morgan fingerprint density at radius 2 is 2.23 bits per heavy atom. The lowest BCUT2D eigenvalue weighted by atomic mass is 10.1. The molecular formula is C16H19ClN2O3. The Morgan fingerprint density at radius 1 is 1.45 bits per heavy atom. The van der Waals surface area contributed by atoms with Crippen molar-refractivity contribution in [2.45, 2.75) is 45.3 Å². The minimum absolute atomic E-state index is 0.108. The number of nitrogens with zero attached hydrogens (tertiary/aromatic N) is 2. The molecule has 1 saturated heterocycles. The monoisotopic (exact) mass is 322 g/mol. The highest BCUT2D eigenvalue weighted by Gasteiger charge is 2.35. The Hall–Kier alpha value is -1.75. The van der Waals surface area contributed by atoms with Gasteiger partial charge in [-0.3, -0.25) is 4.90 Å². The van der Waals surface area contributed by atoms with E-state index in [0.29, 0.717) is 17.3 Å². The van der Waals surface area contributed by atoms with Crippen molar-refractivity contribution in [2.75, 3.05) is 6.54 Å². The molecule has 0 N–H and O–H groups in total. The van der Waals surface area contributed by atoms with E-state index in [-0.39, 0.29) is 12.1 Å². The van der Waals surface area contributed by atoms with Crippen LogP contribution in [0.25, 0.3) is 11.1 Å². The number of hydrogen-bond acceptors (Lipinski definition) is 4. The number of furan rings is 1. The average Bonchev–Trinajstić information content (AvgIpc) is 3.01. The van der Waals surface area contributed by atoms with Gasteiger partial charge in [-0.15, -0.1) is 0 Å². The standard InChI is InChI=1S/C16H19ClN2O3/c1-16(2,3)22-15(20)19-6-4-5-12(19)13-8-10-7-11(17)9-18-14(10)21-13/h7-9,12H,4-6H2,1-3H3. The first-order chi connectivity index (χ1) is 10.3. The molecule has 22 heavy (non-hydrogen) atoms. The number of carbonyl (C=O) groups is 1. The summed E-state index contributed by atoms with van der Waals surface area (Å²) in [5, 5.41) is 1.41. The summed E-state index contributed by atoms with van der Waals surface area (Å²) in [4.78, 5) is 18.2. The lowest BCUT2D eigenvalue weighted by Crippen LogP contribution is -2.36. The summed E-state index contributed by atoms with van der Waals surface area (Å²) in [6.45, 7) is 6.26. The molecule has 6 heteroatoms. The van der Waals surface area contributed by atoms with Crippen molar-refractivity contribution >= 4 is 28.8 Å². The van der Waals surface area contributed by atoms with Crippen LogP contribution >= 0.6 is 11.6 Å². The molecule has 2 aromatic heterocycles. The molecule has 5 nitrogen and oxygen atoms in total. The van der Waals surface area contributed by atoms with E-state index in [0.717, 1.165) is 24.0 Å². The van der Waals surface area contributed by atoms with Crippen molar-refractivity contribution in [1.29, 1.82) is 0 Å². The van der Waals surface area contributed by atoms with Gasteiger partial charge in [0.15, 0.2) is 0 Å². The van der Waals surface area contributed by atoms with E-state index in [1.54, 1.807) is 11.1 Å². The first-order valence-electron chi connectivity index (χ1n) is 7.38. The van der Waals surface area contributed by atoms with Gasteiger partial charge in [-0.2, -0.15) is 0 Å². The van der Waals surface area contributed by atoms with Crippen LogP contribution in [-0.4, -0.2) is 28.1 Å². The highest BCUT2D eigenvalue weighted by molar-refractivity contribution is 6.31. The maximum absolute atomic E-state index is 12.3. The van der Waals surface area contributed by atoms with Gasteiger partial charge in [-0.05, 0) is 45.7 Å². The second-order valence-electron chi connectivity index (χ2n) is 6.53. The summed E-state index contributed by atoms with van der Waals surface area (Å²) in [5.41, 5.74) is 0.0307. The molecule has 0 saturated carbocycles. The molecule has 1 fully saturated rings. The number of hydrogen-bond donors (Lipinski definition) is 0. The fraction of sp³-hybridized carbons (Fsp3) is 0.500. The van der Waals surface area contributed by atoms with E-state index in [2.05, 4.69) is 4.98 Å². The first-order valence-corrected chi connectivity index (χ1v) is 7.76. The van der Waals surface area contributed by atoms with Crippen LogP contribution in [0.3, 0.4) is 0 Å². The number of halogens is 1. The summed E-state index contributed by atoms with van der Waals surface area (Å²) in [5.74, 6) is 0.730. The molecule has 118 valence electrons. The molecule has 1 unspecified atom stereocenters. The van der Waals surface area contributed by atoms with E-state index >= 15 is 0 Å². The topological polar surface area (TPSA) is 55.6 Å². The molecule has 1 atom stereocenters. The molecule has 1 amide bonds. The highest BCUT2D eigenvalue weighted by Crippen LogP contribution is 2.36. The zero-order chi connectivity index (χ0) is 15.9. The van der Waals surface area contributed by atoms with Gasteiger partial charge in [0.25, 0.3) is 0 Å². The number of pyridine rings is 1. The number of fused-ring (bicyclic) bond motifs is 1. The maximum atomic E-state index is 12.3. The van der Waals surface area contributed by atoms with Crippen LogP contribution in [0.1, 0.15) is 45.4 Å². The van der Waals surface area contributed by atoms with Crippen LogP contribution < -0.4 is 0 Å². The highest BCUT2D eigenvalue weighted by atomic mass is 35.5. The summed E-state index contributed by atoms with van der Waals surface area (Å²) >= 11 is 5.95. The second-order valence-corrected chi connectivity index (χ2v) is 6.96. The van der Waals surface area contributed by atoms with Gasteiger partial charge in [0.2, 0.25) is 5.71 Å². The SMILES string of the molecule is CC(C)(C)OC(=O)N1CCCC1c1cc2cc(Cl)cnc2o1. The third kappa shape index (κ3) is 3.04. The molecule has 3 heterocycles. The van der Waals surface area contributed by atoms with E-state index in [1.807, 2.05) is 32.9 Å². The molecule has 0 aromatic carbocycles. The lowest BCUT2D eigenvalue weighted by molar-refractivity contribution is 0.0209. The van der Waals surface area contributed by atoms with Gasteiger partial charge >= 0.3 is 6.09 Å². The van der Waals surface area contributed by atoms with Gasteiger partial charge in [0.1, 0.15) is 11.4 Å². The van der Waals surface area contributed by atoms with E-state index in [4.69, 9.17) is 20.8 Å². The van der Waals surface area contributed by atoms with Crippen LogP contribution in [0.2, 0.25) is 5.02 Å². The van der Waals surface area contributed by atoms with Crippen molar-refractivity contribution in [3.63, 3.8) is 0 Å². The van der Waals surface area contributed by atoms with E-state index in [9.17, 15) is 4.79 Å². The van der Waals surface area contributed by atoms with Gasteiger partial charge in [-0.1, -0.05) is 11.6 Å². The molecule has 1 aliphatic heterocycles. The third-order valence-electron chi connectivity index (χ3n) is 3.57. The second kappa shape index (κ2) is 5.47. The Bertz CT molecular complexity index is 705. The van der Waals surface area contributed by atoms with E-state index in [1.165, 1.54) is 0 Å². The number of likely N-dealkylation sites (tertiary alicyclic amines) is 1. The Balaban J connectivity index is 1.86. The Kier molecular flexibility index (Phi) is 3.77. The third-order valence-corrected chi connectivity index (χ3v) is 3.77. The van der Waals surface area contributed by atoms with Gasteiger partial charge in [0, 0.05) is 18.1 Å². The normalized spacial score (nSPS) is 18.9.